The van der Waals surface area contributed by atoms with Crippen molar-refractivity contribution in [3.63, 3.8) is 0 Å². The van der Waals surface area contributed by atoms with E-state index >= 15 is 0 Å². The lowest BCUT2D eigenvalue weighted by molar-refractivity contribution is -0.139. The van der Waals surface area contributed by atoms with Crippen molar-refractivity contribution >= 4 is 33.0 Å². The van der Waals surface area contributed by atoms with E-state index in [2.05, 4.69) is 5.32 Å². The topological polar surface area (TPSA) is 88.2 Å². The van der Waals surface area contributed by atoms with Crippen LogP contribution in [-0.2, 0) is 21.0 Å². The van der Waals surface area contributed by atoms with E-state index in [0.717, 1.165) is 10.4 Å². The summed E-state index contributed by atoms with van der Waals surface area (Å²) in [4.78, 5) is 14.6. The number of hydrogen-bond donors (Lipinski definition) is 1. The quantitative estimate of drug-likeness (QED) is 0.601. The molecule has 0 unspecified atom stereocenters. The number of carbonyl (C=O) groups excluding carboxylic acids is 1. The zero-order chi connectivity index (χ0) is 25.1. The van der Waals surface area contributed by atoms with E-state index in [-0.39, 0.29) is 37.0 Å². The standard InChI is InChI=1S/C21H26F3N3O5S2/c1-14-11-16(21(22,23)24)20(33-14)34(29,30)27-8-4-7-26(9-10-27)13-19(28)25-17-6-5-15(31-2)12-18(17)32-3/h5-6,11-12H,4,7-10,13H2,1-3H3,(H,25,28). The summed E-state index contributed by atoms with van der Waals surface area (Å²) < 4.78 is 77.0. The lowest BCUT2D eigenvalue weighted by Gasteiger charge is -2.22. The van der Waals surface area contributed by atoms with Gasteiger partial charge in [0.05, 0.1) is 32.0 Å². The minimum Gasteiger partial charge on any atom is -0.497 e. The number of benzene rings is 1. The van der Waals surface area contributed by atoms with Crippen LogP contribution in [-0.4, -0.2) is 70.5 Å². The van der Waals surface area contributed by atoms with Gasteiger partial charge in [-0.15, -0.1) is 11.3 Å². The van der Waals surface area contributed by atoms with Gasteiger partial charge in [0.2, 0.25) is 5.91 Å². The number of methoxy groups -OCH3 is 2. The number of thiophene rings is 1. The summed E-state index contributed by atoms with van der Waals surface area (Å²) in [5.41, 5.74) is -0.677. The highest BCUT2D eigenvalue weighted by molar-refractivity contribution is 7.91. The molecule has 2 heterocycles. The number of nitrogens with one attached hydrogen (secondary N) is 1. The second-order valence-electron chi connectivity index (χ2n) is 7.70. The van der Waals surface area contributed by atoms with Crippen molar-refractivity contribution in [1.29, 1.82) is 0 Å². The largest absolute Gasteiger partial charge is 0.497 e. The number of anilines is 1. The predicted molar refractivity (Wildman–Crippen MR) is 122 cm³/mol. The third-order valence-electron chi connectivity index (χ3n) is 5.30. The number of carbonyl (C=O) groups is 1. The second kappa shape index (κ2) is 10.5. The third-order valence-corrected chi connectivity index (χ3v) is 8.76. The lowest BCUT2D eigenvalue weighted by Crippen LogP contribution is -2.38. The van der Waals surface area contributed by atoms with Gasteiger partial charge in [-0.1, -0.05) is 0 Å². The molecule has 188 valence electrons. The summed E-state index contributed by atoms with van der Waals surface area (Å²) in [7, 11) is -1.34. The second-order valence-corrected chi connectivity index (χ2v) is 11.1. The average molecular weight is 522 g/mol. The number of rotatable bonds is 7. The molecule has 34 heavy (non-hydrogen) atoms. The Hall–Kier alpha value is -2.35. The number of aryl methyl sites for hydroxylation is 1. The number of halogens is 3. The summed E-state index contributed by atoms with van der Waals surface area (Å²) >= 11 is 0.619. The highest BCUT2D eigenvalue weighted by Gasteiger charge is 2.41. The third kappa shape index (κ3) is 6.01. The summed E-state index contributed by atoms with van der Waals surface area (Å²) in [6.45, 7) is 2.12. The van der Waals surface area contributed by atoms with Crippen molar-refractivity contribution in [2.75, 3.05) is 52.3 Å². The fourth-order valence-corrected chi connectivity index (χ4v) is 6.90. The Morgan fingerprint density at radius 3 is 2.50 bits per heavy atom. The molecule has 0 aliphatic carbocycles. The molecular formula is C21H26F3N3O5S2. The van der Waals surface area contributed by atoms with Crippen LogP contribution < -0.4 is 14.8 Å². The molecule has 1 N–H and O–H groups in total. The van der Waals surface area contributed by atoms with Crippen molar-refractivity contribution < 1.29 is 35.9 Å². The van der Waals surface area contributed by atoms with Crippen molar-refractivity contribution in [3.05, 3.63) is 34.7 Å². The molecule has 13 heteroatoms. The molecule has 1 amide bonds. The summed E-state index contributed by atoms with van der Waals surface area (Å²) in [6, 6.07) is 5.81. The highest BCUT2D eigenvalue weighted by atomic mass is 32.2. The first kappa shape index (κ1) is 26.3. The van der Waals surface area contributed by atoms with Crippen LogP contribution in [0.25, 0.3) is 0 Å². The van der Waals surface area contributed by atoms with E-state index in [4.69, 9.17) is 9.47 Å². The molecule has 1 aliphatic heterocycles. The molecule has 1 aliphatic rings. The fraction of sp³-hybridized carbons (Fsp3) is 0.476. The number of ether oxygens (including phenoxy) is 2. The van der Waals surface area contributed by atoms with Gasteiger partial charge in [0.15, 0.2) is 0 Å². The summed E-state index contributed by atoms with van der Waals surface area (Å²) in [5.74, 6) is 0.666. The molecule has 8 nitrogen and oxygen atoms in total. The van der Waals surface area contributed by atoms with Crippen LogP contribution in [0.3, 0.4) is 0 Å². The van der Waals surface area contributed by atoms with E-state index in [1.807, 2.05) is 0 Å². The summed E-state index contributed by atoms with van der Waals surface area (Å²) in [5, 5.41) is 2.76. The first-order valence-electron chi connectivity index (χ1n) is 10.4. The first-order valence-corrected chi connectivity index (χ1v) is 12.6. The summed E-state index contributed by atoms with van der Waals surface area (Å²) in [6.07, 6.45) is -4.38. The Morgan fingerprint density at radius 1 is 1.12 bits per heavy atom. The molecule has 0 saturated carbocycles. The number of sulfonamides is 1. The van der Waals surface area contributed by atoms with Crippen LogP contribution in [0, 0.1) is 6.92 Å². The van der Waals surface area contributed by atoms with Gasteiger partial charge >= 0.3 is 6.18 Å². The van der Waals surface area contributed by atoms with Crippen molar-refractivity contribution in [1.82, 2.24) is 9.21 Å². The van der Waals surface area contributed by atoms with Crippen molar-refractivity contribution in [3.8, 4) is 11.5 Å². The van der Waals surface area contributed by atoms with E-state index in [9.17, 15) is 26.4 Å². The van der Waals surface area contributed by atoms with Gasteiger partial charge in [0, 0.05) is 30.6 Å². The first-order chi connectivity index (χ1) is 16.0. The van der Waals surface area contributed by atoms with E-state index in [1.165, 1.54) is 21.1 Å². The number of amides is 1. The Balaban J connectivity index is 1.66. The van der Waals surface area contributed by atoms with Gasteiger partial charge in [-0.2, -0.15) is 17.5 Å². The molecule has 0 spiro atoms. The van der Waals surface area contributed by atoms with E-state index < -0.39 is 26.0 Å². The zero-order valence-corrected chi connectivity index (χ0v) is 20.6. The zero-order valence-electron chi connectivity index (χ0n) is 18.9. The van der Waals surface area contributed by atoms with E-state index in [0.29, 0.717) is 41.5 Å². The van der Waals surface area contributed by atoms with Gasteiger partial charge in [-0.3, -0.25) is 9.69 Å². The Morgan fingerprint density at radius 2 is 1.85 bits per heavy atom. The minimum atomic E-state index is -4.76. The van der Waals surface area contributed by atoms with Crippen LogP contribution in [0.1, 0.15) is 16.9 Å². The molecule has 1 saturated heterocycles. The van der Waals surface area contributed by atoms with Gasteiger partial charge in [0.25, 0.3) is 10.0 Å². The SMILES string of the molecule is COc1ccc(NC(=O)CN2CCCN(S(=O)(=O)c3sc(C)cc3C(F)(F)F)CC2)c(OC)c1. The molecule has 1 fully saturated rings. The normalized spacial score (nSPS) is 16.2. The monoisotopic (exact) mass is 521 g/mol. The molecule has 1 aromatic heterocycles. The molecular weight excluding hydrogens is 495 g/mol. The van der Waals surface area contributed by atoms with Gasteiger partial charge < -0.3 is 14.8 Å². The maximum Gasteiger partial charge on any atom is 0.418 e. The maximum atomic E-state index is 13.4. The highest BCUT2D eigenvalue weighted by Crippen LogP contribution is 2.40. The Labute approximate surface area is 200 Å². The maximum absolute atomic E-state index is 13.4. The molecule has 1 aromatic carbocycles. The molecule has 2 aromatic rings. The van der Waals surface area contributed by atoms with Crippen molar-refractivity contribution in [2.24, 2.45) is 0 Å². The molecule has 0 atom stereocenters. The van der Waals surface area contributed by atoms with Crippen LogP contribution in [0.4, 0.5) is 18.9 Å². The van der Waals surface area contributed by atoms with Crippen molar-refractivity contribution in [2.45, 2.75) is 23.7 Å². The lowest BCUT2D eigenvalue weighted by atomic mass is 10.2. The minimum absolute atomic E-state index is 0.00498. The van der Waals surface area contributed by atoms with Gasteiger partial charge in [-0.25, -0.2) is 8.42 Å². The molecule has 0 bridgehead atoms. The van der Waals surface area contributed by atoms with Crippen LogP contribution in [0.15, 0.2) is 28.5 Å². The smallest absolute Gasteiger partial charge is 0.418 e. The predicted octanol–water partition coefficient (Wildman–Crippen LogP) is 3.43. The Bertz CT molecular complexity index is 1140. The van der Waals surface area contributed by atoms with Crippen LogP contribution in [0.2, 0.25) is 0 Å². The number of hydrogen-bond acceptors (Lipinski definition) is 7. The molecule has 0 radical (unpaired) electrons. The van der Waals surface area contributed by atoms with Crippen LogP contribution in [0.5, 0.6) is 11.5 Å². The van der Waals surface area contributed by atoms with Crippen LogP contribution >= 0.6 is 11.3 Å². The van der Waals surface area contributed by atoms with Gasteiger partial charge in [0.1, 0.15) is 15.7 Å². The number of nitrogens with zero attached hydrogens (tertiary/aromatic N) is 2. The average Bonchev–Trinajstić information content (AvgIpc) is 3.04. The van der Waals surface area contributed by atoms with Gasteiger partial charge in [-0.05, 0) is 38.1 Å². The number of alkyl halides is 3. The van der Waals surface area contributed by atoms with E-state index in [1.54, 1.807) is 23.1 Å². The fourth-order valence-electron chi connectivity index (χ4n) is 3.64. The molecule has 3 rings (SSSR count). The Kier molecular flexibility index (Phi) is 8.11.